The van der Waals surface area contributed by atoms with E-state index in [1.54, 1.807) is 49.4 Å². The summed E-state index contributed by atoms with van der Waals surface area (Å²) in [4.78, 5) is 28.9. The molecule has 0 saturated carbocycles. The highest BCUT2D eigenvalue weighted by atomic mass is 28.4. The van der Waals surface area contributed by atoms with Crippen LogP contribution in [0.5, 0.6) is 5.75 Å². The van der Waals surface area contributed by atoms with Crippen LogP contribution >= 0.6 is 0 Å². The van der Waals surface area contributed by atoms with Gasteiger partial charge in [-0.3, -0.25) is 9.59 Å². The summed E-state index contributed by atoms with van der Waals surface area (Å²) in [7, 11) is -1.55. The Hall–Kier alpha value is -3.49. The molecule has 1 spiro atoms. The van der Waals surface area contributed by atoms with E-state index in [9.17, 15) is 9.59 Å². The molecule has 2 heterocycles. The van der Waals surface area contributed by atoms with Crippen LogP contribution in [0.4, 0.5) is 15.5 Å². The standard InChI is InChI=1S/C32H37FN2O4Si/c1-6-10-28-29(40(4,5)33)21(2)32(39-28)26-13-7-8-14-27(26)35(31(32)37)20-22-11-9-12-24(19-22)34-30(36)23-15-17-25(38-3)18-16-23/h7-9,11-19,21,28-29H,6,10,20H2,1-5H3,(H,34,36)/t21-,28+,29-,32+/m0/s1. The van der Waals surface area contributed by atoms with Crippen LogP contribution in [0.1, 0.15) is 48.2 Å². The minimum atomic E-state index is -3.13. The van der Waals surface area contributed by atoms with E-state index in [2.05, 4.69) is 12.2 Å². The number of para-hydroxylation sites is 1. The molecule has 3 aromatic rings. The lowest BCUT2D eigenvalue weighted by molar-refractivity contribution is -0.146. The summed E-state index contributed by atoms with van der Waals surface area (Å²) in [5, 5.41) is 2.94. The van der Waals surface area contributed by atoms with E-state index in [1.807, 2.05) is 55.5 Å². The molecule has 6 nitrogen and oxygen atoms in total. The SMILES string of the molecule is CCC[C@H]1O[C@]2(C(=O)N(Cc3cccc(NC(=O)c4ccc(OC)cc4)c3)c3ccccc32)[C@@H](C)[C@@H]1[Si](C)(C)F. The predicted octanol–water partition coefficient (Wildman–Crippen LogP) is 7.07. The molecule has 5 rings (SSSR count). The highest BCUT2D eigenvalue weighted by molar-refractivity contribution is 6.72. The topological polar surface area (TPSA) is 67.9 Å². The summed E-state index contributed by atoms with van der Waals surface area (Å²) in [6.45, 7) is 7.82. The smallest absolute Gasteiger partial charge is 0.264 e. The Labute approximate surface area is 236 Å². The van der Waals surface area contributed by atoms with Crippen molar-refractivity contribution < 1.29 is 23.2 Å². The summed E-state index contributed by atoms with van der Waals surface area (Å²) >= 11 is 0. The van der Waals surface area contributed by atoms with Crippen molar-refractivity contribution in [1.29, 1.82) is 0 Å². The van der Waals surface area contributed by atoms with Crippen LogP contribution < -0.4 is 15.0 Å². The molecule has 1 N–H and O–H groups in total. The number of benzene rings is 3. The minimum Gasteiger partial charge on any atom is -0.497 e. The molecule has 2 amide bonds. The van der Waals surface area contributed by atoms with Gasteiger partial charge in [-0.25, -0.2) is 0 Å². The lowest BCUT2D eigenvalue weighted by Gasteiger charge is -2.31. The second-order valence-corrected chi connectivity index (χ2v) is 15.1. The van der Waals surface area contributed by atoms with Crippen LogP contribution in [0.2, 0.25) is 18.6 Å². The van der Waals surface area contributed by atoms with E-state index in [0.29, 0.717) is 23.5 Å². The van der Waals surface area contributed by atoms with Gasteiger partial charge in [-0.2, -0.15) is 0 Å². The first kappa shape index (κ1) is 28.1. The maximum atomic E-state index is 15.7. The third-order valence-electron chi connectivity index (χ3n) is 8.32. The lowest BCUT2D eigenvalue weighted by Crippen LogP contribution is -2.45. The molecule has 210 valence electrons. The third kappa shape index (κ3) is 4.84. The van der Waals surface area contributed by atoms with E-state index in [0.717, 1.165) is 29.7 Å². The van der Waals surface area contributed by atoms with E-state index < -0.39 is 14.0 Å². The fraction of sp³-hybridized carbons (Fsp3) is 0.375. The van der Waals surface area contributed by atoms with Crippen molar-refractivity contribution in [1.82, 2.24) is 0 Å². The summed E-state index contributed by atoms with van der Waals surface area (Å²) in [6.07, 6.45) is 1.30. The highest BCUT2D eigenvalue weighted by Crippen LogP contribution is 2.60. The van der Waals surface area contributed by atoms with Gasteiger partial charge in [0.2, 0.25) is 8.41 Å². The van der Waals surface area contributed by atoms with Crippen LogP contribution in [0.3, 0.4) is 0 Å². The van der Waals surface area contributed by atoms with Gasteiger partial charge >= 0.3 is 0 Å². The van der Waals surface area contributed by atoms with E-state index in [1.165, 1.54) is 0 Å². The van der Waals surface area contributed by atoms with Crippen LogP contribution in [0.15, 0.2) is 72.8 Å². The molecule has 2 aliphatic rings. The Kier molecular flexibility index (Phi) is 7.59. The Bertz CT molecular complexity index is 1410. The monoisotopic (exact) mass is 560 g/mol. The van der Waals surface area contributed by atoms with E-state index in [4.69, 9.17) is 9.47 Å². The van der Waals surface area contributed by atoms with Crippen molar-refractivity contribution in [3.8, 4) is 5.75 Å². The normalized spacial score (nSPS) is 23.9. The number of ether oxygens (including phenoxy) is 2. The second kappa shape index (κ2) is 10.8. The molecule has 3 aromatic carbocycles. The van der Waals surface area contributed by atoms with E-state index >= 15 is 4.11 Å². The average molecular weight is 561 g/mol. The summed E-state index contributed by atoms with van der Waals surface area (Å²) in [5.41, 5.74) is 2.14. The van der Waals surface area contributed by atoms with Gasteiger partial charge in [0.15, 0.2) is 5.60 Å². The summed E-state index contributed by atoms with van der Waals surface area (Å²) in [5.74, 6) is 0.0120. The molecule has 0 unspecified atom stereocenters. The maximum absolute atomic E-state index is 15.7. The van der Waals surface area contributed by atoms with Gasteiger partial charge in [0, 0.05) is 28.3 Å². The molecule has 1 saturated heterocycles. The van der Waals surface area contributed by atoms with Crippen LogP contribution in [0, 0.1) is 5.92 Å². The van der Waals surface area contributed by atoms with Gasteiger partial charge in [-0.15, -0.1) is 0 Å². The first-order valence-corrected chi connectivity index (χ1v) is 16.9. The van der Waals surface area contributed by atoms with Crippen molar-refractivity contribution in [2.24, 2.45) is 5.92 Å². The number of hydrogen-bond acceptors (Lipinski definition) is 4. The first-order valence-electron chi connectivity index (χ1n) is 13.9. The molecule has 4 atom stereocenters. The molecule has 1 fully saturated rings. The number of anilines is 2. The Morgan fingerprint density at radius 3 is 2.50 bits per heavy atom. The average Bonchev–Trinajstić information content (AvgIpc) is 3.36. The molecule has 40 heavy (non-hydrogen) atoms. The molecule has 0 aliphatic carbocycles. The summed E-state index contributed by atoms with van der Waals surface area (Å²) in [6, 6.07) is 22.1. The van der Waals surface area contributed by atoms with Crippen LogP contribution in [-0.4, -0.2) is 33.4 Å². The summed E-state index contributed by atoms with van der Waals surface area (Å²) < 4.78 is 27.6. The van der Waals surface area contributed by atoms with Gasteiger partial charge < -0.3 is 23.8 Å². The van der Waals surface area contributed by atoms with Crippen molar-refractivity contribution >= 4 is 31.6 Å². The van der Waals surface area contributed by atoms with Crippen molar-refractivity contribution in [3.05, 3.63) is 89.5 Å². The zero-order valence-corrected chi connectivity index (χ0v) is 24.7. The second-order valence-electron chi connectivity index (χ2n) is 11.4. The Morgan fingerprint density at radius 1 is 1.10 bits per heavy atom. The first-order chi connectivity index (χ1) is 19.1. The molecule has 2 aliphatic heterocycles. The van der Waals surface area contributed by atoms with Gasteiger partial charge in [0.05, 0.1) is 25.4 Å². The molecule has 8 heteroatoms. The number of hydrogen-bond donors (Lipinski definition) is 1. The third-order valence-corrected chi connectivity index (χ3v) is 10.8. The Morgan fingerprint density at radius 2 is 1.82 bits per heavy atom. The number of nitrogens with zero attached hydrogens (tertiary/aromatic N) is 1. The number of nitrogens with one attached hydrogen (secondary N) is 1. The number of halogens is 1. The number of methoxy groups -OCH3 is 1. The van der Waals surface area contributed by atoms with Crippen LogP contribution in [-0.2, 0) is 21.7 Å². The molecular formula is C32H37FN2O4Si. The zero-order valence-electron chi connectivity index (χ0n) is 23.7. The number of amides is 2. The molecular weight excluding hydrogens is 523 g/mol. The lowest BCUT2D eigenvalue weighted by atomic mass is 9.82. The zero-order chi connectivity index (χ0) is 28.7. The number of carbonyl (C=O) groups excluding carboxylic acids is 2. The van der Waals surface area contributed by atoms with E-state index in [-0.39, 0.29) is 29.4 Å². The molecule has 0 radical (unpaired) electrons. The number of rotatable bonds is 8. The molecule has 0 aromatic heterocycles. The fourth-order valence-electron chi connectivity index (χ4n) is 6.59. The van der Waals surface area contributed by atoms with Crippen LogP contribution in [0.25, 0.3) is 0 Å². The van der Waals surface area contributed by atoms with Crippen molar-refractivity contribution in [2.45, 2.75) is 63.6 Å². The van der Waals surface area contributed by atoms with Crippen molar-refractivity contribution in [2.75, 3.05) is 17.3 Å². The largest absolute Gasteiger partial charge is 0.497 e. The highest BCUT2D eigenvalue weighted by Gasteiger charge is 2.66. The fourth-order valence-corrected chi connectivity index (χ4v) is 9.13. The van der Waals surface area contributed by atoms with Crippen molar-refractivity contribution in [3.63, 3.8) is 0 Å². The quantitative estimate of drug-likeness (QED) is 0.236. The minimum absolute atomic E-state index is 0.143. The van der Waals surface area contributed by atoms with Gasteiger partial charge in [0.1, 0.15) is 5.75 Å². The maximum Gasteiger partial charge on any atom is 0.264 e. The number of carbonyl (C=O) groups is 2. The van der Waals surface area contributed by atoms with Gasteiger partial charge in [-0.1, -0.05) is 50.6 Å². The molecule has 0 bridgehead atoms. The predicted molar refractivity (Wildman–Crippen MR) is 158 cm³/mol. The van der Waals surface area contributed by atoms with Gasteiger partial charge in [-0.05, 0) is 67.5 Å². The number of fused-ring (bicyclic) bond motifs is 2. The Balaban J connectivity index is 1.42. The van der Waals surface area contributed by atoms with Gasteiger partial charge in [0.25, 0.3) is 11.8 Å².